The normalized spacial score (nSPS) is 14.8. The van der Waals surface area contributed by atoms with Crippen molar-refractivity contribution in [2.45, 2.75) is 38.5 Å². The summed E-state index contributed by atoms with van der Waals surface area (Å²) >= 11 is -1.30. The molecule has 0 fully saturated rings. The van der Waals surface area contributed by atoms with Crippen LogP contribution in [0.2, 0.25) is 0 Å². The minimum atomic E-state index is -1.30. The highest BCUT2D eigenvalue weighted by Crippen LogP contribution is 2.32. The average molecular weight is 342 g/mol. The Labute approximate surface area is 137 Å². The van der Waals surface area contributed by atoms with Crippen molar-refractivity contribution in [3.05, 3.63) is 35.5 Å². The van der Waals surface area contributed by atoms with Gasteiger partial charge in [0, 0.05) is 22.9 Å². The number of benzene rings is 1. The van der Waals surface area contributed by atoms with Gasteiger partial charge in [-0.2, -0.15) is 0 Å². The molecule has 0 aliphatic carbocycles. The molecule has 1 aromatic heterocycles. The zero-order chi connectivity index (χ0) is 17.4. The third-order valence-electron chi connectivity index (χ3n) is 3.42. The van der Waals surface area contributed by atoms with Crippen molar-refractivity contribution < 1.29 is 18.1 Å². The first-order chi connectivity index (χ1) is 10.6. The summed E-state index contributed by atoms with van der Waals surface area (Å²) < 4.78 is 47.1. The van der Waals surface area contributed by atoms with E-state index in [1.54, 1.807) is 6.92 Å². The number of hydrogen-bond donors (Lipinski definition) is 1. The maximum absolute atomic E-state index is 13.7. The van der Waals surface area contributed by atoms with E-state index in [-0.39, 0.29) is 11.9 Å². The molecule has 2 rings (SSSR count). The Hall–Kier alpha value is -1.44. The van der Waals surface area contributed by atoms with Crippen molar-refractivity contribution in [3.8, 4) is 5.88 Å². The van der Waals surface area contributed by atoms with Crippen LogP contribution in [-0.4, -0.2) is 21.4 Å². The molecule has 0 saturated heterocycles. The predicted octanol–water partition coefficient (Wildman–Crippen LogP) is 3.63. The molecule has 126 valence electrons. The lowest BCUT2D eigenvalue weighted by Crippen LogP contribution is -2.40. The van der Waals surface area contributed by atoms with E-state index in [0.717, 1.165) is 12.1 Å². The van der Waals surface area contributed by atoms with Crippen LogP contribution in [0.15, 0.2) is 18.3 Å². The van der Waals surface area contributed by atoms with E-state index in [9.17, 15) is 13.3 Å². The van der Waals surface area contributed by atoms with Crippen LogP contribution in [0.5, 0.6) is 5.88 Å². The second kappa shape index (κ2) is 6.59. The Kier molecular flexibility index (Phi) is 5.13. The highest BCUT2D eigenvalue weighted by atomic mass is 32.2. The van der Waals surface area contributed by atoms with E-state index < -0.39 is 27.7 Å². The van der Waals surface area contributed by atoms with Gasteiger partial charge in [0.2, 0.25) is 5.88 Å². The number of nitrogens with one attached hydrogen (secondary N) is 1. The molecular weight excluding hydrogens is 322 g/mol. The van der Waals surface area contributed by atoms with E-state index in [0.29, 0.717) is 16.3 Å². The molecule has 0 saturated carbocycles. The first-order valence-electron chi connectivity index (χ1n) is 7.15. The molecule has 0 aliphatic rings. The summed E-state index contributed by atoms with van der Waals surface area (Å²) in [6.07, 6.45) is 1.52. The lowest BCUT2D eigenvalue weighted by molar-refractivity contribution is 0.402. The Morgan fingerprint density at radius 3 is 2.30 bits per heavy atom. The molecule has 2 aromatic rings. The third kappa shape index (κ3) is 3.73. The molecule has 0 radical (unpaired) electrons. The molecule has 1 unspecified atom stereocenters. The highest BCUT2D eigenvalue weighted by Gasteiger charge is 2.29. The van der Waals surface area contributed by atoms with Crippen LogP contribution in [-0.2, 0) is 11.4 Å². The number of rotatable bonds is 4. The summed E-state index contributed by atoms with van der Waals surface area (Å²) in [6.45, 7) is 7.35. The zero-order valence-corrected chi connectivity index (χ0v) is 14.6. The molecule has 23 heavy (non-hydrogen) atoms. The summed E-state index contributed by atoms with van der Waals surface area (Å²) in [5.74, 6) is -1.70. The van der Waals surface area contributed by atoms with E-state index in [1.165, 1.54) is 13.3 Å². The van der Waals surface area contributed by atoms with Crippen molar-refractivity contribution in [1.29, 1.82) is 0 Å². The van der Waals surface area contributed by atoms with Gasteiger partial charge in [-0.05, 0) is 50.8 Å². The molecule has 0 amide bonds. The molecular formula is C16H20F2N2O2S. The van der Waals surface area contributed by atoms with E-state index in [2.05, 4.69) is 9.71 Å². The molecule has 7 heteroatoms. The van der Waals surface area contributed by atoms with Gasteiger partial charge in [0.05, 0.1) is 13.2 Å². The molecule has 0 spiro atoms. The van der Waals surface area contributed by atoms with Crippen LogP contribution in [0.1, 0.15) is 39.3 Å². The number of ether oxygens (including phenoxy) is 1. The van der Waals surface area contributed by atoms with Crippen molar-refractivity contribution in [1.82, 2.24) is 9.71 Å². The van der Waals surface area contributed by atoms with E-state index in [4.69, 9.17) is 4.74 Å². The zero-order valence-electron chi connectivity index (χ0n) is 13.7. The van der Waals surface area contributed by atoms with Crippen molar-refractivity contribution >= 4 is 22.1 Å². The number of aromatic nitrogens is 1. The van der Waals surface area contributed by atoms with Crippen LogP contribution in [0, 0.1) is 11.6 Å². The molecule has 2 atom stereocenters. The first kappa shape index (κ1) is 17.9. The van der Waals surface area contributed by atoms with Gasteiger partial charge < -0.3 is 9.29 Å². The average Bonchev–Trinajstić information content (AvgIpc) is 2.46. The Bertz CT molecular complexity index is 719. The summed E-state index contributed by atoms with van der Waals surface area (Å²) in [7, 11) is 1.42. The standard InChI is InChI=1S/C16H20F2N2O2S/c1-9(20-23(21)16(2,3)4)12-8-19-15(22-5)11-7-14(18)13(17)6-10(11)12/h6-9,20H,1-5H3/t9-,23?/m0/s1. The van der Waals surface area contributed by atoms with Crippen LogP contribution in [0.3, 0.4) is 0 Å². The third-order valence-corrected chi connectivity index (χ3v) is 5.10. The summed E-state index contributed by atoms with van der Waals surface area (Å²) in [5.41, 5.74) is 0.622. The van der Waals surface area contributed by atoms with Crippen molar-refractivity contribution in [2.24, 2.45) is 0 Å². The largest absolute Gasteiger partial charge is 0.598 e. The number of hydrogen-bond acceptors (Lipinski definition) is 4. The van der Waals surface area contributed by atoms with Gasteiger partial charge >= 0.3 is 0 Å². The van der Waals surface area contributed by atoms with Crippen LogP contribution in [0.25, 0.3) is 10.8 Å². The maximum atomic E-state index is 13.7. The Morgan fingerprint density at radius 2 is 1.78 bits per heavy atom. The van der Waals surface area contributed by atoms with Gasteiger partial charge in [-0.25, -0.2) is 13.8 Å². The highest BCUT2D eigenvalue weighted by molar-refractivity contribution is 7.90. The topological polar surface area (TPSA) is 57.2 Å². The molecule has 0 bridgehead atoms. The monoisotopic (exact) mass is 342 g/mol. The summed E-state index contributed by atoms with van der Waals surface area (Å²) in [5, 5.41) is 0.848. The SMILES string of the molecule is COc1ncc([C@H](C)N[S+]([O-])C(C)(C)C)c2cc(F)c(F)cc12. The molecule has 4 nitrogen and oxygen atoms in total. The second-order valence-electron chi connectivity index (χ2n) is 6.26. The fraction of sp³-hybridized carbons (Fsp3) is 0.438. The molecule has 1 heterocycles. The Morgan fingerprint density at radius 1 is 1.22 bits per heavy atom. The number of halogens is 2. The van der Waals surface area contributed by atoms with Gasteiger partial charge in [-0.1, -0.05) is 0 Å². The van der Waals surface area contributed by atoms with Gasteiger partial charge in [0.1, 0.15) is 4.75 Å². The summed E-state index contributed by atoms with van der Waals surface area (Å²) in [6, 6.07) is 1.82. The number of fused-ring (bicyclic) bond motifs is 1. The minimum absolute atomic E-state index is 0.215. The van der Waals surface area contributed by atoms with Crippen molar-refractivity contribution in [3.63, 3.8) is 0 Å². The maximum Gasteiger partial charge on any atom is 0.221 e. The molecule has 1 aromatic carbocycles. The van der Waals surface area contributed by atoms with Crippen molar-refractivity contribution in [2.75, 3.05) is 7.11 Å². The first-order valence-corrected chi connectivity index (χ1v) is 8.29. The Balaban J connectivity index is 2.51. The fourth-order valence-corrected chi connectivity index (χ4v) is 2.94. The van der Waals surface area contributed by atoms with Crippen LogP contribution < -0.4 is 9.46 Å². The lowest BCUT2D eigenvalue weighted by Gasteiger charge is -2.27. The lowest BCUT2D eigenvalue weighted by atomic mass is 10.0. The van der Waals surface area contributed by atoms with Gasteiger partial charge in [0.15, 0.2) is 11.6 Å². The predicted molar refractivity (Wildman–Crippen MR) is 87.7 cm³/mol. The van der Waals surface area contributed by atoms with E-state index in [1.807, 2.05) is 20.8 Å². The molecule has 1 N–H and O–H groups in total. The number of methoxy groups -OCH3 is 1. The second-order valence-corrected chi connectivity index (χ2v) is 8.25. The van der Waals surface area contributed by atoms with Crippen LogP contribution >= 0.6 is 0 Å². The molecule has 0 aliphatic heterocycles. The number of pyridine rings is 1. The van der Waals surface area contributed by atoms with Gasteiger partial charge in [-0.15, -0.1) is 4.72 Å². The minimum Gasteiger partial charge on any atom is -0.598 e. The van der Waals surface area contributed by atoms with Gasteiger partial charge in [0.25, 0.3) is 0 Å². The number of nitrogens with zero attached hydrogens (tertiary/aromatic N) is 1. The van der Waals surface area contributed by atoms with Crippen LogP contribution in [0.4, 0.5) is 8.78 Å². The summed E-state index contributed by atoms with van der Waals surface area (Å²) in [4.78, 5) is 4.14. The van der Waals surface area contributed by atoms with Gasteiger partial charge in [-0.3, -0.25) is 0 Å². The fourth-order valence-electron chi connectivity index (χ4n) is 2.14. The van der Waals surface area contributed by atoms with E-state index >= 15 is 0 Å². The smallest absolute Gasteiger partial charge is 0.221 e. The quantitative estimate of drug-likeness (QED) is 0.862.